The van der Waals surface area contributed by atoms with Crippen molar-refractivity contribution in [1.82, 2.24) is 4.90 Å². The van der Waals surface area contributed by atoms with Crippen LogP contribution in [0.3, 0.4) is 0 Å². The second-order valence-corrected chi connectivity index (χ2v) is 6.85. The van der Waals surface area contributed by atoms with Crippen molar-refractivity contribution >= 4 is 17.5 Å². The minimum Gasteiger partial charge on any atom is -0.380 e. The largest absolute Gasteiger partial charge is 0.417 e. The molecule has 1 aromatic rings. The van der Waals surface area contributed by atoms with Crippen LogP contribution in [0.2, 0.25) is 5.02 Å². The molecule has 1 N–H and O–H groups in total. The average molecular weight is 348 g/mol. The maximum absolute atomic E-state index is 12.8. The Labute approximate surface area is 137 Å². The minimum absolute atomic E-state index is 0.0862. The van der Waals surface area contributed by atoms with Crippen LogP contribution in [0, 0.1) is 0 Å². The van der Waals surface area contributed by atoms with Crippen molar-refractivity contribution in [2.45, 2.75) is 42.9 Å². The molecule has 7 heteroatoms. The second-order valence-electron chi connectivity index (χ2n) is 6.41. The van der Waals surface area contributed by atoms with Crippen molar-refractivity contribution < 1.29 is 23.1 Å². The van der Waals surface area contributed by atoms with Gasteiger partial charge in [0.15, 0.2) is 5.60 Å². The SMILES string of the molecule is O=C(N1CCC(O)(C(F)(F)F)CC1)C1(c2cccc(Cl)c2)CC1. The predicted octanol–water partition coefficient (Wildman–Crippen LogP) is 3.29. The maximum Gasteiger partial charge on any atom is 0.417 e. The summed E-state index contributed by atoms with van der Waals surface area (Å²) in [4.78, 5) is 14.2. The highest BCUT2D eigenvalue weighted by atomic mass is 35.5. The van der Waals surface area contributed by atoms with Gasteiger partial charge >= 0.3 is 6.18 Å². The van der Waals surface area contributed by atoms with Gasteiger partial charge in [-0.05, 0) is 30.5 Å². The number of hydrogen-bond donors (Lipinski definition) is 1. The van der Waals surface area contributed by atoms with E-state index in [2.05, 4.69) is 0 Å². The first kappa shape index (κ1) is 16.6. The summed E-state index contributed by atoms with van der Waals surface area (Å²) in [5.41, 5.74) is -2.53. The number of carbonyl (C=O) groups excluding carboxylic acids is 1. The van der Waals surface area contributed by atoms with Crippen molar-refractivity contribution in [2.75, 3.05) is 13.1 Å². The van der Waals surface area contributed by atoms with Gasteiger partial charge in [-0.25, -0.2) is 0 Å². The summed E-state index contributed by atoms with van der Waals surface area (Å²) in [6.45, 7) is -0.172. The number of nitrogens with zero attached hydrogens (tertiary/aromatic N) is 1. The number of benzene rings is 1. The summed E-state index contributed by atoms with van der Waals surface area (Å²) >= 11 is 5.97. The Balaban J connectivity index is 1.73. The number of amides is 1. The topological polar surface area (TPSA) is 40.5 Å². The molecule has 0 atom stereocenters. The molecule has 1 aliphatic carbocycles. The molecule has 2 aliphatic rings. The van der Waals surface area contributed by atoms with Crippen molar-refractivity contribution in [3.05, 3.63) is 34.9 Å². The monoisotopic (exact) mass is 347 g/mol. The molecule has 126 valence electrons. The summed E-state index contributed by atoms with van der Waals surface area (Å²) in [7, 11) is 0. The van der Waals surface area contributed by atoms with Gasteiger partial charge in [-0.15, -0.1) is 0 Å². The van der Waals surface area contributed by atoms with Gasteiger partial charge in [0.1, 0.15) is 0 Å². The van der Waals surface area contributed by atoms with E-state index in [0.717, 1.165) is 5.56 Å². The first-order valence-corrected chi connectivity index (χ1v) is 7.90. The molecule has 23 heavy (non-hydrogen) atoms. The highest BCUT2D eigenvalue weighted by Crippen LogP contribution is 2.51. The standard InChI is InChI=1S/C16H17ClF3NO2/c17-12-3-1-2-11(10-12)14(4-5-14)13(22)21-8-6-15(23,7-9-21)16(18,19)20/h1-3,10,23H,4-9H2. The van der Waals surface area contributed by atoms with Crippen LogP contribution in [0.5, 0.6) is 0 Å². The molecular weight excluding hydrogens is 331 g/mol. The first-order chi connectivity index (χ1) is 10.7. The minimum atomic E-state index is -4.66. The molecular formula is C16H17ClF3NO2. The van der Waals surface area contributed by atoms with Crippen LogP contribution in [0.15, 0.2) is 24.3 Å². The van der Waals surface area contributed by atoms with E-state index in [0.29, 0.717) is 17.9 Å². The summed E-state index contributed by atoms with van der Waals surface area (Å²) in [5, 5.41) is 10.2. The molecule has 0 spiro atoms. The van der Waals surface area contributed by atoms with Gasteiger partial charge in [0, 0.05) is 31.0 Å². The molecule has 1 aliphatic heterocycles. The lowest BCUT2D eigenvalue weighted by Crippen LogP contribution is -2.55. The van der Waals surface area contributed by atoms with Crippen LogP contribution in [-0.4, -0.2) is 40.8 Å². The quantitative estimate of drug-likeness (QED) is 0.892. The van der Waals surface area contributed by atoms with E-state index in [1.807, 2.05) is 6.07 Å². The van der Waals surface area contributed by atoms with Crippen molar-refractivity contribution in [1.29, 1.82) is 0 Å². The van der Waals surface area contributed by atoms with Gasteiger partial charge in [-0.3, -0.25) is 4.79 Å². The zero-order valence-electron chi connectivity index (χ0n) is 12.4. The average Bonchev–Trinajstić information content (AvgIpc) is 3.28. The molecule has 3 rings (SSSR count). The Hall–Kier alpha value is -1.27. The highest BCUT2D eigenvalue weighted by Gasteiger charge is 2.58. The molecule has 0 aromatic heterocycles. The zero-order valence-corrected chi connectivity index (χ0v) is 13.1. The number of likely N-dealkylation sites (tertiary alicyclic amines) is 1. The molecule has 1 saturated heterocycles. The van der Waals surface area contributed by atoms with Gasteiger partial charge < -0.3 is 10.0 Å². The van der Waals surface area contributed by atoms with Crippen LogP contribution >= 0.6 is 11.6 Å². The van der Waals surface area contributed by atoms with E-state index in [-0.39, 0.29) is 19.0 Å². The molecule has 2 fully saturated rings. The van der Waals surface area contributed by atoms with Crippen LogP contribution in [0.25, 0.3) is 0 Å². The number of carbonyl (C=O) groups is 1. The predicted molar refractivity (Wildman–Crippen MR) is 79.2 cm³/mol. The molecule has 0 radical (unpaired) electrons. The van der Waals surface area contributed by atoms with E-state index in [4.69, 9.17) is 11.6 Å². The molecule has 3 nitrogen and oxygen atoms in total. The number of rotatable bonds is 2. The van der Waals surface area contributed by atoms with Crippen LogP contribution < -0.4 is 0 Å². The van der Waals surface area contributed by atoms with Gasteiger partial charge in [0.2, 0.25) is 5.91 Å². The third-order valence-electron chi connectivity index (χ3n) is 4.94. The lowest BCUT2D eigenvalue weighted by atomic mass is 9.88. The second kappa shape index (κ2) is 5.38. The molecule has 1 saturated carbocycles. The van der Waals surface area contributed by atoms with E-state index < -0.39 is 30.0 Å². The number of halogens is 4. The lowest BCUT2D eigenvalue weighted by Gasteiger charge is -2.40. The Kier molecular flexibility index (Phi) is 3.88. The third-order valence-corrected chi connectivity index (χ3v) is 5.18. The normalized spacial score (nSPS) is 22.7. The first-order valence-electron chi connectivity index (χ1n) is 7.53. The fourth-order valence-electron chi connectivity index (χ4n) is 3.20. The summed E-state index contributed by atoms with van der Waals surface area (Å²) in [6, 6.07) is 7.05. The Morgan fingerprint density at radius 2 is 1.78 bits per heavy atom. The fourth-order valence-corrected chi connectivity index (χ4v) is 3.39. The van der Waals surface area contributed by atoms with E-state index >= 15 is 0 Å². The van der Waals surface area contributed by atoms with Crippen LogP contribution in [0.1, 0.15) is 31.2 Å². The summed E-state index contributed by atoms with van der Waals surface area (Å²) in [5.74, 6) is -0.163. The Morgan fingerprint density at radius 3 is 2.26 bits per heavy atom. The highest BCUT2D eigenvalue weighted by molar-refractivity contribution is 6.30. The smallest absolute Gasteiger partial charge is 0.380 e. The van der Waals surface area contributed by atoms with Gasteiger partial charge in [-0.2, -0.15) is 13.2 Å². The van der Waals surface area contributed by atoms with E-state index in [1.54, 1.807) is 18.2 Å². The molecule has 1 aromatic carbocycles. The van der Waals surface area contributed by atoms with Crippen molar-refractivity contribution in [3.63, 3.8) is 0 Å². The third kappa shape index (κ3) is 2.83. The lowest BCUT2D eigenvalue weighted by molar-refractivity contribution is -0.272. The molecule has 1 heterocycles. The number of piperidine rings is 1. The summed E-state index contributed by atoms with van der Waals surface area (Å²) < 4.78 is 38.5. The Morgan fingerprint density at radius 1 is 1.17 bits per heavy atom. The van der Waals surface area contributed by atoms with Crippen LogP contribution in [0.4, 0.5) is 13.2 Å². The number of alkyl halides is 3. The zero-order chi connectivity index (χ0) is 16.9. The van der Waals surface area contributed by atoms with Crippen LogP contribution in [-0.2, 0) is 10.2 Å². The van der Waals surface area contributed by atoms with Gasteiger partial charge in [0.05, 0.1) is 5.41 Å². The summed E-state index contributed by atoms with van der Waals surface area (Å²) in [6.07, 6.45) is -4.27. The van der Waals surface area contributed by atoms with Gasteiger partial charge in [0.25, 0.3) is 0 Å². The maximum atomic E-state index is 12.8. The van der Waals surface area contributed by atoms with Gasteiger partial charge in [-0.1, -0.05) is 23.7 Å². The molecule has 0 unspecified atom stereocenters. The van der Waals surface area contributed by atoms with E-state index in [9.17, 15) is 23.1 Å². The molecule has 0 bridgehead atoms. The van der Waals surface area contributed by atoms with Crippen molar-refractivity contribution in [2.24, 2.45) is 0 Å². The molecule has 1 amide bonds. The van der Waals surface area contributed by atoms with Crippen molar-refractivity contribution in [3.8, 4) is 0 Å². The number of hydrogen-bond acceptors (Lipinski definition) is 2. The van der Waals surface area contributed by atoms with E-state index in [1.165, 1.54) is 4.90 Å². The Bertz CT molecular complexity index is 620. The fraction of sp³-hybridized carbons (Fsp3) is 0.562. The number of aliphatic hydroxyl groups is 1.